The van der Waals surface area contributed by atoms with Gasteiger partial charge in [-0.2, -0.15) is 0 Å². The van der Waals surface area contributed by atoms with Crippen molar-refractivity contribution >= 4 is 39.1 Å². The molecule has 0 spiro atoms. The van der Waals surface area contributed by atoms with Gasteiger partial charge in [-0.05, 0) is 48.9 Å². The van der Waals surface area contributed by atoms with Crippen LogP contribution in [0.2, 0.25) is 0 Å². The number of hydrogen-bond donors (Lipinski definition) is 2. The molecule has 0 fully saturated rings. The fourth-order valence-corrected chi connectivity index (χ4v) is 2.58. The van der Waals surface area contributed by atoms with E-state index in [0.29, 0.717) is 35.7 Å². The van der Waals surface area contributed by atoms with Gasteiger partial charge < -0.3 is 15.4 Å². The summed E-state index contributed by atoms with van der Waals surface area (Å²) >= 11 is 3.40. The zero-order valence-corrected chi connectivity index (χ0v) is 16.6. The zero-order valence-electron chi connectivity index (χ0n) is 15.0. The fraction of sp³-hybridized carbons (Fsp3) is 0.300. The SMILES string of the molecule is CCCCOc1ccc(Br)cc1C(=O)Nc1ccc(NC(=O)CC)cc1. The molecule has 0 aliphatic rings. The summed E-state index contributed by atoms with van der Waals surface area (Å²) in [5.41, 5.74) is 1.81. The molecule has 2 aromatic rings. The molecule has 0 atom stereocenters. The number of unbranched alkanes of at least 4 members (excludes halogenated alkanes) is 1. The summed E-state index contributed by atoms with van der Waals surface area (Å²) in [6, 6.07) is 12.4. The van der Waals surface area contributed by atoms with E-state index in [2.05, 4.69) is 33.5 Å². The average molecular weight is 419 g/mol. The number of ether oxygens (including phenoxy) is 1. The van der Waals surface area contributed by atoms with Crippen LogP contribution < -0.4 is 15.4 Å². The second-order valence-electron chi connectivity index (χ2n) is 5.78. The van der Waals surface area contributed by atoms with Crippen molar-refractivity contribution in [1.29, 1.82) is 0 Å². The third-order valence-corrected chi connectivity index (χ3v) is 4.18. The average Bonchev–Trinajstić information content (AvgIpc) is 2.64. The van der Waals surface area contributed by atoms with Crippen LogP contribution in [0.15, 0.2) is 46.9 Å². The minimum absolute atomic E-state index is 0.0511. The lowest BCUT2D eigenvalue weighted by Crippen LogP contribution is -2.14. The van der Waals surface area contributed by atoms with Gasteiger partial charge >= 0.3 is 0 Å². The van der Waals surface area contributed by atoms with Crippen LogP contribution in [-0.4, -0.2) is 18.4 Å². The van der Waals surface area contributed by atoms with E-state index < -0.39 is 0 Å². The Balaban J connectivity index is 2.09. The molecule has 138 valence electrons. The van der Waals surface area contributed by atoms with Crippen LogP contribution in [0.5, 0.6) is 5.75 Å². The van der Waals surface area contributed by atoms with Crippen molar-refractivity contribution in [3.63, 3.8) is 0 Å². The highest BCUT2D eigenvalue weighted by Gasteiger charge is 2.14. The fourth-order valence-electron chi connectivity index (χ4n) is 2.22. The van der Waals surface area contributed by atoms with Crippen molar-refractivity contribution in [2.75, 3.05) is 17.2 Å². The zero-order chi connectivity index (χ0) is 18.9. The summed E-state index contributed by atoms with van der Waals surface area (Å²) in [5.74, 6) is 0.263. The molecule has 2 amide bonds. The number of hydrogen-bond acceptors (Lipinski definition) is 3. The number of nitrogens with one attached hydrogen (secondary N) is 2. The first-order chi connectivity index (χ1) is 12.5. The molecule has 0 aliphatic carbocycles. The van der Waals surface area contributed by atoms with E-state index in [1.165, 1.54) is 0 Å². The van der Waals surface area contributed by atoms with Crippen molar-refractivity contribution in [3.05, 3.63) is 52.5 Å². The number of benzene rings is 2. The van der Waals surface area contributed by atoms with Crippen molar-refractivity contribution in [2.24, 2.45) is 0 Å². The third kappa shape index (κ3) is 5.88. The van der Waals surface area contributed by atoms with Crippen molar-refractivity contribution in [1.82, 2.24) is 0 Å². The van der Waals surface area contributed by atoms with Crippen LogP contribution in [-0.2, 0) is 4.79 Å². The molecule has 2 rings (SSSR count). The third-order valence-electron chi connectivity index (χ3n) is 3.69. The summed E-state index contributed by atoms with van der Waals surface area (Å²) in [4.78, 5) is 24.1. The number of rotatable bonds is 8. The Bertz CT molecular complexity index is 760. The lowest BCUT2D eigenvalue weighted by atomic mass is 10.1. The van der Waals surface area contributed by atoms with Crippen LogP contribution in [0, 0.1) is 0 Å². The molecule has 26 heavy (non-hydrogen) atoms. The Morgan fingerprint density at radius 3 is 2.27 bits per heavy atom. The number of halogens is 1. The van der Waals surface area contributed by atoms with Gasteiger partial charge in [0, 0.05) is 22.3 Å². The molecule has 6 heteroatoms. The first-order valence-electron chi connectivity index (χ1n) is 8.67. The molecule has 0 saturated heterocycles. The number of carbonyl (C=O) groups excluding carboxylic acids is 2. The van der Waals surface area contributed by atoms with Crippen molar-refractivity contribution < 1.29 is 14.3 Å². The van der Waals surface area contributed by atoms with Crippen LogP contribution in [0.3, 0.4) is 0 Å². The van der Waals surface area contributed by atoms with Crippen LogP contribution >= 0.6 is 15.9 Å². The van der Waals surface area contributed by atoms with Gasteiger partial charge in [-0.1, -0.05) is 36.2 Å². The van der Waals surface area contributed by atoms with Gasteiger partial charge in [0.15, 0.2) is 0 Å². The van der Waals surface area contributed by atoms with Gasteiger partial charge in [-0.25, -0.2) is 0 Å². The molecule has 5 nitrogen and oxygen atoms in total. The van der Waals surface area contributed by atoms with E-state index in [9.17, 15) is 9.59 Å². The highest BCUT2D eigenvalue weighted by atomic mass is 79.9. The van der Waals surface area contributed by atoms with E-state index >= 15 is 0 Å². The van der Waals surface area contributed by atoms with Crippen LogP contribution in [0.25, 0.3) is 0 Å². The largest absolute Gasteiger partial charge is 0.493 e. The molecule has 0 heterocycles. The molecular formula is C20H23BrN2O3. The maximum absolute atomic E-state index is 12.6. The highest BCUT2D eigenvalue weighted by Crippen LogP contribution is 2.25. The van der Waals surface area contributed by atoms with Gasteiger partial charge in [0.05, 0.1) is 12.2 Å². The smallest absolute Gasteiger partial charge is 0.259 e. The summed E-state index contributed by atoms with van der Waals surface area (Å²) < 4.78 is 6.55. The number of carbonyl (C=O) groups is 2. The minimum atomic E-state index is -0.247. The second kappa shape index (κ2) is 9.97. The molecule has 0 radical (unpaired) electrons. The van der Waals surface area contributed by atoms with E-state index in [0.717, 1.165) is 17.3 Å². The quantitative estimate of drug-likeness (QED) is 0.576. The molecule has 0 unspecified atom stereocenters. The Hall–Kier alpha value is -2.34. The first kappa shape index (κ1) is 20.0. The van der Waals surface area contributed by atoms with Crippen molar-refractivity contribution in [2.45, 2.75) is 33.1 Å². The molecule has 0 aromatic heterocycles. The van der Waals surface area contributed by atoms with Gasteiger partial charge in [0.2, 0.25) is 5.91 Å². The number of amides is 2. The summed E-state index contributed by atoms with van der Waals surface area (Å²) in [6.07, 6.45) is 2.38. The molecule has 2 N–H and O–H groups in total. The summed E-state index contributed by atoms with van der Waals surface area (Å²) in [5, 5.41) is 5.63. The standard InChI is InChI=1S/C20H23BrN2O3/c1-3-5-12-26-18-11-6-14(21)13-17(18)20(25)23-16-9-7-15(8-10-16)22-19(24)4-2/h6-11,13H,3-5,12H2,1-2H3,(H,22,24)(H,23,25). The van der Waals surface area contributed by atoms with Crippen molar-refractivity contribution in [3.8, 4) is 5.75 Å². The van der Waals surface area contributed by atoms with Crippen LogP contribution in [0.1, 0.15) is 43.5 Å². The Kier molecular flexibility index (Phi) is 7.66. The Morgan fingerprint density at radius 1 is 1.00 bits per heavy atom. The van der Waals surface area contributed by atoms with E-state index in [4.69, 9.17) is 4.74 Å². The van der Waals surface area contributed by atoms with E-state index in [1.54, 1.807) is 43.3 Å². The molecular weight excluding hydrogens is 396 g/mol. The lowest BCUT2D eigenvalue weighted by molar-refractivity contribution is -0.115. The normalized spacial score (nSPS) is 10.3. The maximum atomic E-state index is 12.6. The lowest BCUT2D eigenvalue weighted by Gasteiger charge is -2.12. The molecule has 0 saturated carbocycles. The summed E-state index contributed by atoms with van der Waals surface area (Å²) in [6.45, 7) is 4.46. The maximum Gasteiger partial charge on any atom is 0.259 e. The second-order valence-corrected chi connectivity index (χ2v) is 6.69. The monoisotopic (exact) mass is 418 g/mol. The molecule has 0 bridgehead atoms. The predicted molar refractivity (Wildman–Crippen MR) is 108 cm³/mol. The van der Waals surface area contributed by atoms with E-state index in [-0.39, 0.29) is 11.8 Å². The topological polar surface area (TPSA) is 67.4 Å². The first-order valence-corrected chi connectivity index (χ1v) is 9.46. The molecule has 2 aromatic carbocycles. The van der Waals surface area contributed by atoms with Gasteiger partial charge in [0.25, 0.3) is 5.91 Å². The minimum Gasteiger partial charge on any atom is -0.493 e. The van der Waals surface area contributed by atoms with E-state index in [1.807, 2.05) is 6.07 Å². The molecule has 0 aliphatic heterocycles. The van der Waals surface area contributed by atoms with Gasteiger partial charge in [-0.3, -0.25) is 9.59 Å². The highest BCUT2D eigenvalue weighted by molar-refractivity contribution is 9.10. The Labute approximate surface area is 162 Å². The van der Waals surface area contributed by atoms with Gasteiger partial charge in [0.1, 0.15) is 5.75 Å². The van der Waals surface area contributed by atoms with Crippen LogP contribution in [0.4, 0.5) is 11.4 Å². The number of anilines is 2. The summed E-state index contributed by atoms with van der Waals surface area (Å²) in [7, 11) is 0. The van der Waals surface area contributed by atoms with Gasteiger partial charge in [-0.15, -0.1) is 0 Å². The predicted octanol–water partition coefficient (Wildman–Crippen LogP) is 5.23. The Morgan fingerprint density at radius 2 is 1.65 bits per heavy atom.